The second-order valence-corrected chi connectivity index (χ2v) is 6.29. The topological polar surface area (TPSA) is 110 Å². The molecular weight excluding hydrogens is 358 g/mol. The first-order chi connectivity index (χ1) is 13.4. The number of nitrogens with one attached hydrogen (secondary N) is 2. The van der Waals surface area contributed by atoms with Gasteiger partial charge < -0.3 is 10.6 Å². The summed E-state index contributed by atoms with van der Waals surface area (Å²) in [6.07, 6.45) is 4.39. The van der Waals surface area contributed by atoms with Gasteiger partial charge in [-0.1, -0.05) is 12.1 Å². The number of nitro groups is 1. The number of anilines is 2. The minimum atomic E-state index is -0.450. The van der Waals surface area contributed by atoms with Crippen molar-refractivity contribution >= 4 is 23.1 Å². The van der Waals surface area contributed by atoms with Gasteiger partial charge in [0.15, 0.2) is 0 Å². The average molecular weight is 377 g/mol. The zero-order chi connectivity index (χ0) is 20.1. The molecule has 0 aliphatic rings. The highest BCUT2D eigenvalue weighted by molar-refractivity contribution is 6.04. The molecule has 0 bridgehead atoms. The Bertz CT molecular complexity index is 990. The third-order valence-corrected chi connectivity index (χ3v) is 4.26. The smallest absolute Gasteiger partial charge is 0.290 e. The summed E-state index contributed by atoms with van der Waals surface area (Å²) in [5.74, 6) is 0.359. The van der Waals surface area contributed by atoms with Crippen molar-refractivity contribution in [2.24, 2.45) is 0 Å². The van der Waals surface area contributed by atoms with Crippen LogP contribution in [0.5, 0.6) is 0 Å². The molecule has 0 fully saturated rings. The summed E-state index contributed by atoms with van der Waals surface area (Å²) >= 11 is 0. The molecule has 2 heterocycles. The van der Waals surface area contributed by atoms with Crippen molar-refractivity contribution in [3.63, 3.8) is 0 Å². The van der Waals surface area contributed by atoms with E-state index in [1.54, 1.807) is 37.5 Å². The zero-order valence-electron chi connectivity index (χ0n) is 15.4. The lowest BCUT2D eigenvalue weighted by Gasteiger charge is -2.16. The fourth-order valence-corrected chi connectivity index (χ4v) is 2.69. The van der Waals surface area contributed by atoms with Crippen molar-refractivity contribution in [2.45, 2.75) is 19.9 Å². The van der Waals surface area contributed by atoms with E-state index in [0.29, 0.717) is 22.6 Å². The number of aryl methyl sites for hydroxylation is 1. The van der Waals surface area contributed by atoms with Gasteiger partial charge in [-0.3, -0.25) is 19.9 Å². The highest BCUT2D eigenvalue weighted by Crippen LogP contribution is 2.23. The molecule has 142 valence electrons. The lowest BCUT2D eigenvalue weighted by Crippen LogP contribution is -2.12. The van der Waals surface area contributed by atoms with Crippen LogP contribution in [-0.4, -0.2) is 20.8 Å². The number of benzene rings is 1. The van der Waals surface area contributed by atoms with E-state index in [1.807, 2.05) is 31.2 Å². The Kier molecular flexibility index (Phi) is 5.59. The first kappa shape index (κ1) is 19.0. The van der Waals surface area contributed by atoms with Gasteiger partial charge >= 0.3 is 0 Å². The summed E-state index contributed by atoms with van der Waals surface area (Å²) in [6, 6.07) is 12.3. The third-order valence-electron chi connectivity index (χ3n) is 4.26. The SMILES string of the molecule is Cc1cc(NC(C)c2ccc(NC(=O)c3ccncc3)cc2)ncc1[N+](=O)[O-]. The summed E-state index contributed by atoms with van der Waals surface area (Å²) in [5, 5.41) is 16.9. The molecule has 2 N–H and O–H groups in total. The largest absolute Gasteiger partial charge is 0.364 e. The Hall–Kier alpha value is -3.81. The molecule has 0 spiro atoms. The van der Waals surface area contributed by atoms with Gasteiger partial charge in [0, 0.05) is 35.2 Å². The monoisotopic (exact) mass is 377 g/mol. The van der Waals surface area contributed by atoms with E-state index < -0.39 is 4.92 Å². The molecule has 3 aromatic rings. The van der Waals surface area contributed by atoms with Crippen molar-refractivity contribution in [3.8, 4) is 0 Å². The van der Waals surface area contributed by atoms with E-state index >= 15 is 0 Å². The van der Waals surface area contributed by atoms with Crippen molar-refractivity contribution in [1.82, 2.24) is 9.97 Å². The number of carbonyl (C=O) groups is 1. The highest BCUT2D eigenvalue weighted by atomic mass is 16.6. The molecular formula is C20H19N5O3. The van der Waals surface area contributed by atoms with Gasteiger partial charge in [-0.2, -0.15) is 0 Å². The Labute approximate surface area is 161 Å². The summed E-state index contributed by atoms with van der Waals surface area (Å²) < 4.78 is 0. The van der Waals surface area contributed by atoms with Crippen molar-refractivity contribution < 1.29 is 9.72 Å². The predicted octanol–water partition coefficient (Wildman–Crippen LogP) is 4.12. The zero-order valence-corrected chi connectivity index (χ0v) is 15.4. The Balaban J connectivity index is 1.65. The Morgan fingerprint density at radius 2 is 1.82 bits per heavy atom. The second-order valence-electron chi connectivity index (χ2n) is 6.29. The number of amides is 1. The van der Waals surface area contributed by atoms with Crippen LogP contribution >= 0.6 is 0 Å². The molecule has 0 radical (unpaired) electrons. The number of nitrogens with zero attached hydrogens (tertiary/aromatic N) is 3. The Morgan fingerprint density at radius 3 is 2.43 bits per heavy atom. The van der Waals surface area contributed by atoms with E-state index in [1.165, 1.54) is 6.20 Å². The molecule has 1 aromatic carbocycles. The molecule has 0 saturated carbocycles. The molecule has 28 heavy (non-hydrogen) atoms. The van der Waals surface area contributed by atoms with Crippen LogP contribution in [0, 0.1) is 17.0 Å². The molecule has 0 aliphatic carbocycles. The maximum absolute atomic E-state index is 12.2. The highest BCUT2D eigenvalue weighted by Gasteiger charge is 2.13. The average Bonchev–Trinajstić information content (AvgIpc) is 2.69. The first-order valence-electron chi connectivity index (χ1n) is 8.63. The number of aromatic nitrogens is 2. The molecule has 8 nitrogen and oxygen atoms in total. The van der Waals surface area contributed by atoms with Gasteiger partial charge in [0.25, 0.3) is 11.6 Å². The minimum Gasteiger partial charge on any atom is -0.364 e. The second kappa shape index (κ2) is 8.26. The van der Waals surface area contributed by atoms with E-state index in [2.05, 4.69) is 20.6 Å². The van der Waals surface area contributed by atoms with Gasteiger partial charge in [-0.05, 0) is 49.7 Å². The van der Waals surface area contributed by atoms with Gasteiger partial charge in [0.1, 0.15) is 12.0 Å². The van der Waals surface area contributed by atoms with E-state index in [0.717, 1.165) is 5.56 Å². The number of rotatable bonds is 6. The fourth-order valence-electron chi connectivity index (χ4n) is 2.69. The van der Waals surface area contributed by atoms with E-state index in [-0.39, 0.29) is 17.6 Å². The van der Waals surface area contributed by atoms with Crippen LogP contribution in [0.1, 0.15) is 34.5 Å². The number of pyridine rings is 2. The first-order valence-corrected chi connectivity index (χ1v) is 8.63. The van der Waals surface area contributed by atoms with Gasteiger partial charge in [-0.25, -0.2) is 4.98 Å². The van der Waals surface area contributed by atoms with E-state index in [4.69, 9.17) is 0 Å². The summed E-state index contributed by atoms with van der Waals surface area (Å²) in [6.45, 7) is 3.64. The van der Waals surface area contributed by atoms with Crippen molar-refractivity contribution in [1.29, 1.82) is 0 Å². The maximum atomic E-state index is 12.2. The minimum absolute atomic E-state index is 0.00695. The lowest BCUT2D eigenvalue weighted by atomic mass is 10.1. The number of carbonyl (C=O) groups excluding carboxylic acids is 1. The van der Waals surface area contributed by atoms with Gasteiger partial charge in [0.2, 0.25) is 0 Å². The maximum Gasteiger partial charge on any atom is 0.290 e. The molecule has 8 heteroatoms. The third kappa shape index (κ3) is 4.47. The molecule has 2 aromatic heterocycles. The number of hydrogen-bond acceptors (Lipinski definition) is 6. The van der Waals surface area contributed by atoms with Crippen LogP contribution in [0.4, 0.5) is 17.2 Å². The summed E-state index contributed by atoms with van der Waals surface area (Å²) in [7, 11) is 0. The molecule has 0 aliphatic heterocycles. The van der Waals surface area contributed by atoms with Crippen LogP contribution in [0.3, 0.4) is 0 Å². The van der Waals surface area contributed by atoms with Crippen LogP contribution in [-0.2, 0) is 0 Å². The quantitative estimate of drug-likeness (QED) is 0.494. The standard InChI is InChI=1S/C20H19N5O3/c1-13-11-19(22-12-18(13)25(27)28)23-14(2)15-3-5-17(6-4-15)24-20(26)16-7-9-21-10-8-16/h3-12,14H,1-2H3,(H,22,23)(H,24,26). The van der Waals surface area contributed by atoms with Crippen LogP contribution in [0.15, 0.2) is 61.1 Å². The molecule has 1 atom stereocenters. The molecule has 1 unspecified atom stereocenters. The Morgan fingerprint density at radius 1 is 1.14 bits per heavy atom. The summed E-state index contributed by atoms with van der Waals surface area (Å²) in [5.41, 5.74) is 2.74. The summed E-state index contributed by atoms with van der Waals surface area (Å²) in [4.78, 5) is 30.6. The van der Waals surface area contributed by atoms with Crippen LogP contribution in [0.2, 0.25) is 0 Å². The number of hydrogen-bond donors (Lipinski definition) is 2. The van der Waals surface area contributed by atoms with Crippen LogP contribution < -0.4 is 10.6 Å². The van der Waals surface area contributed by atoms with Crippen LogP contribution in [0.25, 0.3) is 0 Å². The van der Waals surface area contributed by atoms with Gasteiger partial charge in [0.05, 0.1) is 4.92 Å². The van der Waals surface area contributed by atoms with Crippen molar-refractivity contribution in [2.75, 3.05) is 10.6 Å². The van der Waals surface area contributed by atoms with Gasteiger partial charge in [-0.15, -0.1) is 0 Å². The predicted molar refractivity (Wildman–Crippen MR) is 106 cm³/mol. The van der Waals surface area contributed by atoms with Crippen molar-refractivity contribution in [3.05, 3.63) is 87.9 Å². The van der Waals surface area contributed by atoms with E-state index in [9.17, 15) is 14.9 Å². The normalized spacial score (nSPS) is 11.5. The molecule has 0 saturated heterocycles. The fraction of sp³-hybridized carbons (Fsp3) is 0.150. The molecule has 1 amide bonds. The molecule has 3 rings (SSSR count). The lowest BCUT2D eigenvalue weighted by molar-refractivity contribution is -0.385.